The van der Waals surface area contributed by atoms with Crippen molar-refractivity contribution < 1.29 is 4.92 Å². The van der Waals surface area contributed by atoms with E-state index >= 15 is 0 Å². The highest BCUT2D eigenvalue weighted by atomic mass is 16.6. The van der Waals surface area contributed by atoms with Gasteiger partial charge in [0.05, 0.1) is 4.92 Å². The van der Waals surface area contributed by atoms with E-state index in [0.717, 1.165) is 19.4 Å². The number of nitrogens with one attached hydrogen (secondary N) is 2. The Morgan fingerprint density at radius 3 is 2.70 bits per heavy atom. The summed E-state index contributed by atoms with van der Waals surface area (Å²) in [5, 5.41) is 16.9. The molecule has 112 valence electrons. The Hall–Kier alpha value is -1.96. The van der Waals surface area contributed by atoms with Crippen molar-refractivity contribution in [2.45, 2.75) is 19.8 Å². The molecule has 0 bridgehead atoms. The monoisotopic (exact) mass is 282 g/mol. The van der Waals surface area contributed by atoms with Gasteiger partial charge in [0.2, 0.25) is 11.8 Å². The molecule has 0 aromatic carbocycles. The van der Waals surface area contributed by atoms with Crippen LogP contribution in [-0.2, 0) is 0 Å². The largest absolute Gasteiger partial charge is 0.364 e. The minimum absolute atomic E-state index is 0.0979. The zero-order valence-corrected chi connectivity index (χ0v) is 12.2. The van der Waals surface area contributed by atoms with Gasteiger partial charge in [-0.1, -0.05) is 0 Å². The summed E-state index contributed by atoms with van der Waals surface area (Å²) in [6, 6.07) is 0. The molecule has 0 unspecified atom stereocenters. The van der Waals surface area contributed by atoms with Crippen molar-refractivity contribution in [3.8, 4) is 0 Å². The molecule has 2 N–H and O–H groups in total. The number of hydrogen-bond donors (Lipinski definition) is 2. The molecule has 0 amide bonds. The number of hydrogen-bond acceptors (Lipinski definition) is 7. The smallest absolute Gasteiger partial charge is 0.329 e. The molecule has 1 heterocycles. The van der Waals surface area contributed by atoms with Gasteiger partial charge in [0.25, 0.3) is 0 Å². The molecule has 8 heteroatoms. The Labute approximate surface area is 118 Å². The molecule has 0 spiro atoms. The van der Waals surface area contributed by atoms with Crippen molar-refractivity contribution in [2.75, 3.05) is 44.4 Å². The van der Waals surface area contributed by atoms with Crippen LogP contribution in [0.3, 0.4) is 0 Å². The van der Waals surface area contributed by atoms with Gasteiger partial charge in [-0.25, -0.2) is 4.98 Å². The van der Waals surface area contributed by atoms with Crippen molar-refractivity contribution in [3.05, 3.63) is 16.3 Å². The van der Waals surface area contributed by atoms with E-state index in [-0.39, 0.29) is 11.5 Å². The minimum Gasteiger partial charge on any atom is -0.364 e. The number of aromatic nitrogens is 2. The summed E-state index contributed by atoms with van der Waals surface area (Å²) in [6.45, 7) is 4.23. The third kappa shape index (κ3) is 5.35. The first-order valence-corrected chi connectivity index (χ1v) is 6.68. The second-order valence-electron chi connectivity index (χ2n) is 4.65. The fraction of sp³-hybridized carbons (Fsp3) is 0.667. The van der Waals surface area contributed by atoms with Crippen LogP contribution in [0.5, 0.6) is 0 Å². The Morgan fingerprint density at radius 2 is 2.10 bits per heavy atom. The fourth-order valence-corrected chi connectivity index (χ4v) is 1.64. The maximum Gasteiger partial charge on any atom is 0.329 e. The van der Waals surface area contributed by atoms with Gasteiger partial charge in [-0.2, -0.15) is 4.98 Å². The molecule has 1 aromatic heterocycles. The van der Waals surface area contributed by atoms with Gasteiger partial charge in [-0.05, 0) is 40.4 Å². The Balaban J connectivity index is 2.60. The summed E-state index contributed by atoms with van der Waals surface area (Å²) in [6.07, 6.45) is 3.18. The normalized spacial score (nSPS) is 10.6. The topological polar surface area (TPSA) is 96.2 Å². The van der Waals surface area contributed by atoms with Crippen LogP contribution in [-0.4, -0.2) is 53.5 Å². The molecule has 0 fully saturated rings. The summed E-state index contributed by atoms with van der Waals surface area (Å²) < 4.78 is 0. The highest BCUT2D eigenvalue weighted by Gasteiger charge is 2.16. The highest BCUT2D eigenvalue weighted by Crippen LogP contribution is 2.21. The Morgan fingerprint density at radius 1 is 1.35 bits per heavy atom. The van der Waals surface area contributed by atoms with E-state index in [4.69, 9.17) is 0 Å². The Kier molecular flexibility index (Phi) is 6.65. The molecule has 8 nitrogen and oxygen atoms in total. The van der Waals surface area contributed by atoms with Crippen LogP contribution in [0.4, 0.5) is 17.5 Å². The first-order valence-electron chi connectivity index (χ1n) is 6.68. The summed E-state index contributed by atoms with van der Waals surface area (Å²) in [4.78, 5) is 20.6. The van der Waals surface area contributed by atoms with Gasteiger partial charge in [0.15, 0.2) is 0 Å². The van der Waals surface area contributed by atoms with Crippen LogP contribution in [0.1, 0.15) is 19.8 Å². The number of nitro groups is 1. The third-order valence-corrected chi connectivity index (χ3v) is 2.63. The molecular formula is C12H22N6O2. The summed E-state index contributed by atoms with van der Waals surface area (Å²) in [5.74, 6) is 0.666. The lowest BCUT2D eigenvalue weighted by molar-refractivity contribution is -0.384. The molecule has 0 aliphatic carbocycles. The van der Waals surface area contributed by atoms with E-state index in [2.05, 4.69) is 25.5 Å². The maximum absolute atomic E-state index is 10.9. The number of rotatable bonds is 9. The van der Waals surface area contributed by atoms with Gasteiger partial charge in [-0.3, -0.25) is 10.1 Å². The number of nitrogens with zero attached hydrogens (tertiary/aromatic N) is 4. The predicted octanol–water partition coefficient (Wildman–Crippen LogP) is 1.57. The lowest BCUT2D eigenvalue weighted by Gasteiger charge is -2.10. The van der Waals surface area contributed by atoms with Crippen LogP contribution in [0, 0.1) is 10.1 Å². The average molecular weight is 282 g/mol. The van der Waals surface area contributed by atoms with Crippen LogP contribution in [0.15, 0.2) is 6.20 Å². The molecule has 0 radical (unpaired) electrons. The predicted molar refractivity (Wildman–Crippen MR) is 79.1 cm³/mol. The molecule has 0 saturated heterocycles. The first kappa shape index (κ1) is 16.1. The van der Waals surface area contributed by atoms with Crippen LogP contribution < -0.4 is 10.6 Å². The molecule has 0 aliphatic rings. The lowest BCUT2D eigenvalue weighted by Crippen LogP contribution is -2.15. The minimum atomic E-state index is -0.474. The van der Waals surface area contributed by atoms with Crippen LogP contribution in [0.2, 0.25) is 0 Å². The van der Waals surface area contributed by atoms with E-state index in [0.29, 0.717) is 19.0 Å². The molecule has 1 aromatic rings. The third-order valence-electron chi connectivity index (χ3n) is 2.63. The molecule has 20 heavy (non-hydrogen) atoms. The first-order chi connectivity index (χ1) is 9.54. The summed E-state index contributed by atoms with van der Waals surface area (Å²) in [7, 11) is 4.04. The quantitative estimate of drug-likeness (QED) is 0.403. The van der Waals surface area contributed by atoms with E-state index in [1.54, 1.807) is 0 Å². The second kappa shape index (κ2) is 8.26. The van der Waals surface area contributed by atoms with Gasteiger partial charge in [0.1, 0.15) is 6.20 Å². The molecule has 1 rings (SSSR count). The zero-order chi connectivity index (χ0) is 15.0. The van der Waals surface area contributed by atoms with E-state index < -0.39 is 4.92 Å². The second-order valence-corrected chi connectivity index (χ2v) is 4.65. The van der Waals surface area contributed by atoms with E-state index in [1.165, 1.54) is 6.20 Å². The van der Waals surface area contributed by atoms with Gasteiger partial charge in [-0.15, -0.1) is 0 Å². The molecule has 0 aliphatic heterocycles. The zero-order valence-electron chi connectivity index (χ0n) is 12.2. The lowest BCUT2D eigenvalue weighted by atomic mass is 10.3. The highest BCUT2D eigenvalue weighted by molar-refractivity contribution is 5.56. The fourth-order valence-electron chi connectivity index (χ4n) is 1.64. The number of unbranched alkanes of at least 4 members (excludes halogenated alkanes) is 1. The van der Waals surface area contributed by atoms with Crippen molar-refractivity contribution in [1.29, 1.82) is 0 Å². The SMILES string of the molecule is CCNc1ncc([N+](=O)[O-])c(NCCCCN(C)C)n1. The number of anilines is 2. The van der Waals surface area contributed by atoms with Crippen LogP contribution >= 0.6 is 0 Å². The van der Waals surface area contributed by atoms with Gasteiger partial charge in [0, 0.05) is 13.1 Å². The average Bonchev–Trinajstić information content (AvgIpc) is 2.38. The van der Waals surface area contributed by atoms with Gasteiger partial charge >= 0.3 is 5.69 Å². The maximum atomic E-state index is 10.9. The molecule has 0 atom stereocenters. The van der Waals surface area contributed by atoms with E-state index in [9.17, 15) is 10.1 Å². The summed E-state index contributed by atoms with van der Waals surface area (Å²) >= 11 is 0. The van der Waals surface area contributed by atoms with Crippen molar-refractivity contribution in [1.82, 2.24) is 14.9 Å². The molecular weight excluding hydrogens is 260 g/mol. The standard InChI is InChI=1S/C12H22N6O2/c1-4-13-12-15-9-10(18(19)20)11(16-12)14-7-5-6-8-17(2)3/h9H,4-8H2,1-3H3,(H2,13,14,15,16). The van der Waals surface area contributed by atoms with Crippen molar-refractivity contribution in [2.24, 2.45) is 0 Å². The Bertz CT molecular complexity index is 438. The van der Waals surface area contributed by atoms with Crippen molar-refractivity contribution in [3.63, 3.8) is 0 Å². The van der Waals surface area contributed by atoms with Crippen molar-refractivity contribution >= 4 is 17.5 Å². The van der Waals surface area contributed by atoms with E-state index in [1.807, 2.05) is 21.0 Å². The van der Waals surface area contributed by atoms with Gasteiger partial charge < -0.3 is 15.5 Å². The molecule has 0 saturated carbocycles. The summed E-state index contributed by atoms with van der Waals surface area (Å²) in [5.41, 5.74) is -0.0979. The van der Waals surface area contributed by atoms with Crippen LogP contribution in [0.25, 0.3) is 0 Å².